The molecule has 0 spiro atoms. The van der Waals surface area contributed by atoms with Crippen molar-refractivity contribution in [2.75, 3.05) is 0 Å². The molecule has 0 aliphatic carbocycles. The van der Waals surface area contributed by atoms with Crippen molar-refractivity contribution in [1.29, 1.82) is 0 Å². The number of hydrogen-bond donors (Lipinski definition) is 1. The molecule has 1 saturated heterocycles. The molecule has 3 nitrogen and oxygen atoms in total. The van der Waals surface area contributed by atoms with Crippen molar-refractivity contribution in [3.63, 3.8) is 0 Å². The highest BCUT2D eigenvalue weighted by Crippen LogP contribution is 2.25. The van der Waals surface area contributed by atoms with E-state index >= 15 is 0 Å². The standard InChI is InChI=1S/C15H19NO2/c1-11-6-7-13(18-11)9-16-8-12(10-17)14-4-2-3-5-15(14)16/h2-5,8,11,13,17H,6-7,9-10H2,1H3. The lowest BCUT2D eigenvalue weighted by Gasteiger charge is -2.13. The Labute approximate surface area is 107 Å². The van der Waals surface area contributed by atoms with E-state index < -0.39 is 0 Å². The van der Waals surface area contributed by atoms with Gasteiger partial charge in [0.15, 0.2) is 0 Å². The van der Waals surface area contributed by atoms with Gasteiger partial charge in [0.1, 0.15) is 0 Å². The Morgan fingerprint density at radius 3 is 2.89 bits per heavy atom. The van der Waals surface area contributed by atoms with E-state index in [2.05, 4.69) is 29.8 Å². The summed E-state index contributed by atoms with van der Waals surface area (Å²) in [6.45, 7) is 3.10. The van der Waals surface area contributed by atoms with Crippen LogP contribution in [0.5, 0.6) is 0 Å². The van der Waals surface area contributed by atoms with Gasteiger partial charge in [-0.05, 0) is 25.8 Å². The fourth-order valence-corrected chi connectivity index (χ4v) is 2.84. The van der Waals surface area contributed by atoms with Gasteiger partial charge in [-0.15, -0.1) is 0 Å². The number of aliphatic hydroxyl groups excluding tert-OH is 1. The van der Waals surface area contributed by atoms with Crippen molar-refractivity contribution in [2.45, 2.75) is 45.1 Å². The van der Waals surface area contributed by atoms with Crippen LogP contribution in [-0.4, -0.2) is 21.9 Å². The van der Waals surface area contributed by atoms with Crippen molar-refractivity contribution in [2.24, 2.45) is 0 Å². The summed E-state index contributed by atoms with van der Waals surface area (Å²) < 4.78 is 8.09. The molecule has 0 radical (unpaired) electrons. The first-order valence-corrected chi connectivity index (χ1v) is 6.61. The maximum Gasteiger partial charge on any atom is 0.0758 e. The average Bonchev–Trinajstić information content (AvgIpc) is 2.95. The van der Waals surface area contributed by atoms with Crippen LogP contribution in [0.2, 0.25) is 0 Å². The summed E-state index contributed by atoms with van der Waals surface area (Å²) in [6, 6.07) is 8.22. The predicted octanol–water partition coefficient (Wildman–Crippen LogP) is 2.70. The SMILES string of the molecule is CC1CCC(Cn2cc(CO)c3ccccc32)O1. The van der Waals surface area contributed by atoms with Crippen molar-refractivity contribution in [3.05, 3.63) is 36.0 Å². The minimum absolute atomic E-state index is 0.0927. The molecule has 2 aromatic rings. The van der Waals surface area contributed by atoms with Crippen molar-refractivity contribution in [1.82, 2.24) is 4.57 Å². The zero-order chi connectivity index (χ0) is 12.5. The summed E-state index contributed by atoms with van der Waals surface area (Å²) in [7, 11) is 0. The minimum Gasteiger partial charge on any atom is -0.392 e. The number of fused-ring (bicyclic) bond motifs is 1. The summed E-state index contributed by atoms with van der Waals surface area (Å²) in [6.07, 6.45) is 5.02. The normalized spacial score (nSPS) is 23.9. The van der Waals surface area contributed by atoms with Gasteiger partial charge < -0.3 is 14.4 Å². The second-order valence-corrected chi connectivity index (χ2v) is 5.13. The van der Waals surface area contributed by atoms with Crippen LogP contribution in [0.15, 0.2) is 30.5 Å². The zero-order valence-corrected chi connectivity index (χ0v) is 10.7. The fourth-order valence-electron chi connectivity index (χ4n) is 2.84. The molecule has 2 heterocycles. The molecule has 1 aliphatic rings. The fraction of sp³-hybridized carbons (Fsp3) is 0.467. The Kier molecular flexibility index (Phi) is 3.10. The third-order valence-electron chi connectivity index (χ3n) is 3.76. The topological polar surface area (TPSA) is 34.4 Å². The molecule has 1 N–H and O–H groups in total. The smallest absolute Gasteiger partial charge is 0.0758 e. The Hall–Kier alpha value is -1.32. The lowest BCUT2D eigenvalue weighted by atomic mass is 10.2. The van der Waals surface area contributed by atoms with Crippen LogP contribution < -0.4 is 0 Å². The first kappa shape index (κ1) is 11.8. The first-order chi connectivity index (χ1) is 8.78. The number of rotatable bonds is 3. The summed E-state index contributed by atoms with van der Waals surface area (Å²) >= 11 is 0. The van der Waals surface area contributed by atoms with Crippen molar-refractivity contribution >= 4 is 10.9 Å². The van der Waals surface area contributed by atoms with Gasteiger partial charge in [0.05, 0.1) is 18.8 Å². The van der Waals surface area contributed by atoms with Crippen LogP contribution in [0.3, 0.4) is 0 Å². The number of benzene rings is 1. The number of nitrogens with zero attached hydrogens (tertiary/aromatic N) is 1. The molecule has 1 fully saturated rings. The van der Waals surface area contributed by atoms with E-state index in [1.54, 1.807) is 0 Å². The van der Waals surface area contributed by atoms with Gasteiger partial charge in [0.25, 0.3) is 0 Å². The van der Waals surface area contributed by atoms with Crippen LogP contribution >= 0.6 is 0 Å². The van der Waals surface area contributed by atoms with E-state index in [0.29, 0.717) is 12.2 Å². The van der Waals surface area contributed by atoms with E-state index in [1.807, 2.05) is 12.1 Å². The molecule has 2 atom stereocenters. The zero-order valence-electron chi connectivity index (χ0n) is 10.7. The highest BCUT2D eigenvalue weighted by Gasteiger charge is 2.22. The second-order valence-electron chi connectivity index (χ2n) is 5.13. The summed E-state index contributed by atoms with van der Waals surface area (Å²) in [4.78, 5) is 0. The Morgan fingerprint density at radius 2 is 2.17 bits per heavy atom. The van der Waals surface area contributed by atoms with Gasteiger partial charge in [0.2, 0.25) is 0 Å². The molecule has 1 aromatic heterocycles. The van der Waals surface area contributed by atoms with Gasteiger partial charge in [-0.2, -0.15) is 0 Å². The Bertz CT molecular complexity index is 546. The molecule has 1 aliphatic heterocycles. The molecule has 1 aromatic carbocycles. The lowest BCUT2D eigenvalue weighted by molar-refractivity contribution is 0.0465. The van der Waals surface area contributed by atoms with E-state index in [4.69, 9.17) is 4.74 Å². The van der Waals surface area contributed by atoms with Crippen LogP contribution in [-0.2, 0) is 17.9 Å². The maximum atomic E-state index is 9.41. The van der Waals surface area contributed by atoms with Crippen LogP contribution in [0.4, 0.5) is 0 Å². The molecule has 0 saturated carbocycles. The van der Waals surface area contributed by atoms with Crippen molar-refractivity contribution < 1.29 is 9.84 Å². The van der Waals surface area contributed by atoms with Crippen LogP contribution in [0.1, 0.15) is 25.3 Å². The Balaban J connectivity index is 1.92. The van der Waals surface area contributed by atoms with Gasteiger partial charge in [-0.25, -0.2) is 0 Å². The van der Waals surface area contributed by atoms with Gasteiger partial charge >= 0.3 is 0 Å². The van der Waals surface area contributed by atoms with Crippen LogP contribution in [0.25, 0.3) is 10.9 Å². The highest BCUT2D eigenvalue weighted by atomic mass is 16.5. The van der Waals surface area contributed by atoms with Gasteiger partial charge in [-0.1, -0.05) is 18.2 Å². The third-order valence-corrected chi connectivity index (χ3v) is 3.76. The second kappa shape index (κ2) is 4.75. The average molecular weight is 245 g/mol. The molecule has 3 rings (SSSR count). The number of hydrogen-bond acceptors (Lipinski definition) is 2. The van der Waals surface area contributed by atoms with Crippen molar-refractivity contribution in [3.8, 4) is 0 Å². The first-order valence-electron chi connectivity index (χ1n) is 6.61. The molecule has 3 heteroatoms. The maximum absolute atomic E-state index is 9.41. The summed E-state index contributed by atoms with van der Waals surface area (Å²) in [5, 5.41) is 10.6. The number of para-hydroxylation sites is 1. The molecular weight excluding hydrogens is 226 g/mol. The summed E-state index contributed by atoms with van der Waals surface area (Å²) in [5.74, 6) is 0. The molecule has 2 unspecified atom stereocenters. The van der Waals surface area contributed by atoms with E-state index in [-0.39, 0.29) is 6.61 Å². The largest absolute Gasteiger partial charge is 0.392 e. The summed E-state index contributed by atoms with van der Waals surface area (Å²) in [5.41, 5.74) is 2.18. The van der Waals surface area contributed by atoms with Crippen LogP contribution in [0, 0.1) is 0 Å². The molecule has 0 amide bonds. The Morgan fingerprint density at radius 1 is 1.33 bits per heavy atom. The minimum atomic E-state index is 0.0927. The molecule has 18 heavy (non-hydrogen) atoms. The predicted molar refractivity (Wildman–Crippen MR) is 71.4 cm³/mol. The van der Waals surface area contributed by atoms with E-state index in [1.165, 1.54) is 5.52 Å². The number of aliphatic hydroxyl groups is 1. The third kappa shape index (κ3) is 2.04. The lowest BCUT2D eigenvalue weighted by Crippen LogP contribution is -2.15. The molecule has 0 bridgehead atoms. The molecular formula is C15H19NO2. The van der Waals surface area contributed by atoms with Gasteiger partial charge in [0, 0.05) is 29.2 Å². The van der Waals surface area contributed by atoms with Gasteiger partial charge in [-0.3, -0.25) is 0 Å². The quantitative estimate of drug-likeness (QED) is 0.902. The highest BCUT2D eigenvalue weighted by molar-refractivity contribution is 5.83. The van der Waals surface area contributed by atoms with E-state index in [9.17, 15) is 5.11 Å². The monoisotopic (exact) mass is 245 g/mol. The number of ether oxygens (including phenoxy) is 1. The number of aromatic nitrogens is 1. The van der Waals surface area contributed by atoms with E-state index in [0.717, 1.165) is 30.3 Å². The molecule has 96 valence electrons.